The number of allylic oxidation sites excluding steroid dienone is 3. The highest BCUT2D eigenvalue weighted by atomic mass is 16.5. The normalized spacial score (nSPS) is 11.7. The second-order valence-electron chi connectivity index (χ2n) is 2.14. The summed E-state index contributed by atoms with van der Waals surface area (Å²) in [4.78, 5) is 0. The van der Waals surface area contributed by atoms with E-state index in [4.69, 9.17) is 9.47 Å². The molecule has 0 aliphatic heterocycles. The van der Waals surface area contributed by atoms with Gasteiger partial charge in [0.05, 0.1) is 12.0 Å². The molecule has 0 unspecified atom stereocenters. The molecule has 0 saturated carbocycles. The second-order valence-corrected chi connectivity index (χ2v) is 2.14. The van der Waals surface area contributed by atoms with Gasteiger partial charge >= 0.3 is 0 Å². The van der Waals surface area contributed by atoms with Gasteiger partial charge in [-0.3, -0.25) is 0 Å². The Labute approximate surface area is 67.8 Å². The number of hydrogen-bond donors (Lipinski definition) is 0. The lowest BCUT2D eigenvalue weighted by molar-refractivity contribution is 0.291. The van der Waals surface area contributed by atoms with Gasteiger partial charge < -0.3 is 9.47 Å². The monoisotopic (exact) mass is 154 g/mol. The van der Waals surface area contributed by atoms with Crippen LogP contribution in [0.25, 0.3) is 0 Å². The summed E-state index contributed by atoms with van der Waals surface area (Å²) >= 11 is 0. The molecule has 0 saturated heterocycles. The third kappa shape index (κ3) is 6.71. The fourth-order valence-electron chi connectivity index (χ4n) is 0.387. The number of ether oxygens (including phenoxy) is 2. The van der Waals surface area contributed by atoms with Crippen molar-refractivity contribution in [3.8, 4) is 0 Å². The molecule has 2 nitrogen and oxygen atoms in total. The van der Waals surface area contributed by atoms with Gasteiger partial charge in [-0.1, -0.05) is 12.7 Å². The Bertz CT molecular complexity index is 178. The van der Waals surface area contributed by atoms with Crippen molar-refractivity contribution >= 4 is 0 Å². The van der Waals surface area contributed by atoms with Crippen LogP contribution in [0.2, 0.25) is 0 Å². The zero-order valence-corrected chi connectivity index (χ0v) is 7.26. The molecule has 0 rings (SSSR count). The van der Waals surface area contributed by atoms with Gasteiger partial charge in [0.2, 0.25) is 0 Å². The molecular weight excluding hydrogens is 140 g/mol. The number of rotatable bonds is 4. The van der Waals surface area contributed by atoms with Gasteiger partial charge in [-0.05, 0) is 20.8 Å². The molecule has 0 fully saturated rings. The van der Waals surface area contributed by atoms with Gasteiger partial charge in [0.25, 0.3) is 0 Å². The fraction of sp³-hybridized carbons (Fsp3) is 0.333. The molecule has 0 amide bonds. The minimum Gasteiger partial charge on any atom is -0.467 e. The Morgan fingerprint density at radius 1 is 1.27 bits per heavy atom. The van der Waals surface area contributed by atoms with E-state index in [0.29, 0.717) is 11.5 Å². The molecule has 0 aromatic carbocycles. The Morgan fingerprint density at radius 2 is 1.91 bits per heavy atom. The summed E-state index contributed by atoms with van der Waals surface area (Å²) in [6.45, 7) is 9.03. The van der Waals surface area contributed by atoms with E-state index in [1.807, 2.05) is 13.8 Å². The molecule has 0 aromatic rings. The predicted molar refractivity (Wildman–Crippen MR) is 45.6 cm³/mol. The van der Waals surface area contributed by atoms with Crippen molar-refractivity contribution < 1.29 is 9.47 Å². The Morgan fingerprint density at radius 3 is 2.36 bits per heavy atom. The summed E-state index contributed by atoms with van der Waals surface area (Å²) in [6.07, 6.45) is 4.91. The van der Waals surface area contributed by atoms with Crippen molar-refractivity contribution in [2.75, 3.05) is 0 Å². The molecule has 0 radical (unpaired) electrons. The summed E-state index contributed by atoms with van der Waals surface area (Å²) in [5.41, 5.74) is 0. The van der Waals surface area contributed by atoms with Crippen molar-refractivity contribution in [2.45, 2.75) is 20.8 Å². The molecule has 0 N–H and O–H groups in total. The molecule has 0 spiro atoms. The first-order chi connectivity index (χ1) is 5.16. The van der Waals surface area contributed by atoms with E-state index in [-0.39, 0.29) is 0 Å². The summed E-state index contributed by atoms with van der Waals surface area (Å²) in [6, 6.07) is 0. The predicted octanol–water partition coefficient (Wildman–Crippen LogP) is 2.95. The molecule has 2 heteroatoms. The van der Waals surface area contributed by atoms with Crippen LogP contribution >= 0.6 is 0 Å². The standard InChI is InChI=1S/C9H14O2/c1-5-6-10-9(4)7-11-8(2)3/h5-7H,2H2,1,3-4H3. The Hall–Kier alpha value is -1.18. The summed E-state index contributed by atoms with van der Waals surface area (Å²) in [5.74, 6) is 1.35. The molecule has 0 bridgehead atoms. The largest absolute Gasteiger partial charge is 0.467 e. The van der Waals surface area contributed by atoms with Gasteiger partial charge in [0, 0.05) is 0 Å². The summed E-state index contributed by atoms with van der Waals surface area (Å²) in [7, 11) is 0. The minimum atomic E-state index is 0.647. The summed E-state index contributed by atoms with van der Waals surface area (Å²) in [5, 5.41) is 0. The van der Waals surface area contributed by atoms with E-state index in [0.717, 1.165) is 0 Å². The van der Waals surface area contributed by atoms with Crippen LogP contribution in [-0.4, -0.2) is 0 Å². The molecule has 11 heavy (non-hydrogen) atoms. The minimum absolute atomic E-state index is 0.647. The third-order valence-corrected chi connectivity index (χ3v) is 0.816. The van der Waals surface area contributed by atoms with Gasteiger partial charge in [-0.2, -0.15) is 0 Å². The highest BCUT2D eigenvalue weighted by molar-refractivity contribution is 4.89. The first kappa shape index (κ1) is 9.82. The average Bonchev–Trinajstić information content (AvgIpc) is 1.97. The van der Waals surface area contributed by atoms with Crippen LogP contribution in [0.15, 0.2) is 36.7 Å². The lowest BCUT2D eigenvalue weighted by Crippen LogP contribution is -1.81. The van der Waals surface area contributed by atoms with Gasteiger partial charge in [-0.15, -0.1) is 0 Å². The molecule has 0 aliphatic rings. The molecule has 0 atom stereocenters. The van der Waals surface area contributed by atoms with E-state index < -0.39 is 0 Å². The second kappa shape index (κ2) is 5.59. The van der Waals surface area contributed by atoms with Crippen LogP contribution in [-0.2, 0) is 9.47 Å². The SMILES string of the molecule is C=C(C)OC=C(C)OC=CC. The molecular formula is C9H14O2. The van der Waals surface area contributed by atoms with Crippen LogP contribution in [0.5, 0.6) is 0 Å². The van der Waals surface area contributed by atoms with Crippen molar-refractivity contribution in [1.82, 2.24) is 0 Å². The van der Waals surface area contributed by atoms with E-state index >= 15 is 0 Å². The maximum absolute atomic E-state index is 5.06. The van der Waals surface area contributed by atoms with E-state index in [1.165, 1.54) is 6.26 Å². The highest BCUT2D eigenvalue weighted by Crippen LogP contribution is 1.99. The maximum atomic E-state index is 5.06. The molecule has 0 heterocycles. The highest BCUT2D eigenvalue weighted by Gasteiger charge is 1.85. The first-order valence-corrected chi connectivity index (χ1v) is 3.43. The summed E-state index contributed by atoms with van der Waals surface area (Å²) < 4.78 is 10.0. The first-order valence-electron chi connectivity index (χ1n) is 3.43. The molecule has 0 aromatic heterocycles. The van der Waals surface area contributed by atoms with E-state index in [9.17, 15) is 0 Å². The third-order valence-electron chi connectivity index (χ3n) is 0.816. The van der Waals surface area contributed by atoms with Crippen LogP contribution in [0.4, 0.5) is 0 Å². The smallest absolute Gasteiger partial charge is 0.135 e. The van der Waals surface area contributed by atoms with E-state index in [2.05, 4.69) is 6.58 Å². The van der Waals surface area contributed by atoms with Crippen LogP contribution in [0.1, 0.15) is 20.8 Å². The van der Waals surface area contributed by atoms with Gasteiger partial charge in [0.15, 0.2) is 0 Å². The quantitative estimate of drug-likeness (QED) is 0.579. The Balaban J connectivity index is 3.71. The lowest BCUT2D eigenvalue weighted by atomic mass is 10.6. The Kier molecular flexibility index (Phi) is 4.99. The zero-order chi connectivity index (χ0) is 8.69. The van der Waals surface area contributed by atoms with Gasteiger partial charge in [-0.25, -0.2) is 0 Å². The van der Waals surface area contributed by atoms with Crippen LogP contribution in [0, 0.1) is 0 Å². The average molecular weight is 154 g/mol. The van der Waals surface area contributed by atoms with E-state index in [1.54, 1.807) is 19.3 Å². The molecule has 0 aliphatic carbocycles. The van der Waals surface area contributed by atoms with Crippen molar-refractivity contribution in [1.29, 1.82) is 0 Å². The van der Waals surface area contributed by atoms with Gasteiger partial charge in [0.1, 0.15) is 12.0 Å². The van der Waals surface area contributed by atoms with Crippen molar-refractivity contribution in [3.63, 3.8) is 0 Å². The fourth-order valence-corrected chi connectivity index (χ4v) is 0.387. The van der Waals surface area contributed by atoms with Crippen LogP contribution in [0.3, 0.4) is 0 Å². The lowest BCUT2D eigenvalue weighted by Gasteiger charge is -2.00. The van der Waals surface area contributed by atoms with Crippen molar-refractivity contribution in [2.24, 2.45) is 0 Å². The number of hydrogen-bond acceptors (Lipinski definition) is 2. The van der Waals surface area contributed by atoms with Crippen LogP contribution < -0.4 is 0 Å². The van der Waals surface area contributed by atoms with Crippen molar-refractivity contribution in [3.05, 3.63) is 36.7 Å². The molecule has 62 valence electrons. The topological polar surface area (TPSA) is 18.5 Å². The zero-order valence-electron chi connectivity index (χ0n) is 7.26. The maximum Gasteiger partial charge on any atom is 0.135 e.